The highest BCUT2D eigenvalue weighted by Crippen LogP contribution is 2.32. The molecule has 26 heavy (non-hydrogen) atoms. The number of hydrogen-bond donors (Lipinski definition) is 4. The molecule has 0 unspecified atom stereocenters. The van der Waals surface area contributed by atoms with Crippen LogP contribution in [0.25, 0.3) is 0 Å². The maximum atomic E-state index is 12.4. The zero-order chi connectivity index (χ0) is 19.5. The third kappa shape index (κ3) is 4.66. The van der Waals surface area contributed by atoms with Crippen molar-refractivity contribution in [3.63, 3.8) is 0 Å². The lowest BCUT2D eigenvalue weighted by Gasteiger charge is -2.24. The number of benzene rings is 1. The lowest BCUT2D eigenvalue weighted by atomic mass is 9.93. The highest BCUT2D eigenvalue weighted by Gasteiger charge is 2.31. The topological polar surface area (TPSA) is 116 Å². The quantitative estimate of drug-likeness (QED) is 0.624. The molecular weight excluding hydrogens is 356 g/mol. The van der Waals surface area contributed by atoms with Crippen LogP contribution >= 0.6 is 0 Å². The van der Waals surface area contributed by atoms with Crippen molar-refractivity contribution in [1.29, 1.82) is 0 Å². The minimum Gasteiger partial charge on any atom is -0.337 e. The van der Waals surface area contributed by atoms with Gasteiger partial charge in [-0.15, -0.1) is 0 Å². The first-order valence-corrected chi connectivity index (χ1v) is 10.1. The van der Waals surface area contributed by atoms with E-state index in [4.69, 9.17) is 0 Å². The van der Waals surface area contributed by atoms with Crippen molar-refractivity contribution >= 4 is 27.8 Å². The van der Waals surface area contributed by atoms with E-state index in [9.17, 15) is 18.0 Å². The van der Waals surface area contributed by atoms with Crippen LogP contribution in [0.2, 0.25) is 0 Å². The summed E-state index contributed by atoms with van der Waals surface area (Å²) in [5.74, 6) is 0.330. The minimum atomic E-state index is -3.93. The van der Waals surface area contributed by atoms with Gasteiger partial charge in [-0.1, -0.05) is 45.9 Å². The molecule has 8 nitrogen and oxygen atoms in total. The van der Waals surface area contributed by atoms with Gasteiger partial charge in [-0.2, -0.15) is 0 Å². The van der Waals surface area contributed by atoms with E-state index in [2.05, 4.69) is 20.7 Å². The summed E-state index contributed by atoms with van der Waals surface area (Å²) in [5, 5.41) is 6.60. The number of hydrogen-bond acceptors (Lipinski definition) is 4. The summed E-state index contributed by atoms with van der Waals surface area (Å²) in [7, 11) is -3.93. The molecule has 1 saturated heterocycles. The second-order valence-corrected chi connectivity index (χ2v) is 8.90. The van der Waals surface area contributed by atoms with E-state index >= 15 is 0 Å². The fourth-order valence-corrected chi connectivity index (χ4v) is 3.90. The van der Waals surface area contributed by atoms with E-state index in [1.165, 1.54) is 0 Å². The molecule has 1 aromatic rings. The molecule has 0 radical (unpaired) electrons. The Hall–Kier alpha value is -2.29. The van der Waals surface area contributed by atoms with Crippen LogP contribution in [0, 0.1) is 0 Å². The Bertz CT molecular complexity index is 754. The van der Waals surface area contributed by atoms with Crippen LogP contribution in [0.5, 0.6) is 0 Å². The smallest absolute Gasteiger partial charge is 0.332 e. The van der Waals surface area contributed by atoms with Crippen molar-refractivity contribution in [3.05, 3.63) is 29.3 Å². The van der Waals surface area contributed by atoms with Gasteiger partial charge < -0.3 is 16.0 Å². The number of nitrogens with one attached hydrogen (secondary N) is 4. The van der Waals surface area contributed by atoms with Gasteiger partial charge in [0.25, 0.3) is 0 Å². The molecule has 1 aliphatic heterocycles. The highest BCUT2D eigenvalue weighted by atomic mass is 32.2. The number of urea groups is 2. The zero-order valence-corrected chi connectivity index (χ0v) is 16.2. The molecule has 1 aliphatic rings. The van der Waals surface area contributed by atoms with Crippen LogP contribution in [0.1, 0.15) is 50.7 Å². The monoisotopic (exact) mass is 382 g/mol. The van der Waals surface area contributed by atoms with Gasteiger partial charge in [0.2, 0.25) is 10.0 Å². The molecule has 0 aromatic heterocycles. The molecule has 144 valence electrons. The molecule has 0 atom stereocenters. The predicted octanol–water partition coefficient (Wildman–Crippen LogP) is 2.07. The van der Waals surface area contributed by atoms with Crippen molar-refractivity contribution in [2.24, 2.45) is 0 Å². The van der Waals surface area contributed by atoms with Gasteiger partial charge in [0.1, 0.15) is 5.25 Å². The lowest BCUT2D eigenvalue weighted by Crippen LogP contribution is -2.56. The van der Waals surface area contributed by atoms with E-state index in [1.807, 2.05) is 45.9 Å². The Morgan fingerprint density at radius 3 is 2.04 bits per heavy atom. The molecule has 1 aromatic carbocycles. The molecule has 0 bridgehead atoms. The normalized spacial score (nSPS) is 15.5. The summed E-state index contributed by atoms with van der Waals surface area (Å²) in [6, 6.07) is 4.54. The summed E-state index contributed by atoms with van der Waals surface area (Å²) in [5.41, 5.74) is 2.52. The van der Waals surface area contributed by atoms with Crippen LogP contribution in [0.4, 0.5) is 15.3 Å². The second kappa shape index (κ2) is 7.94. The number of sulfonamides is 1. The van der Waals surface area contributed by atoms with E-state index in [0.717, 1.165) is 11.1 Å². The first-order valence-electron chi connectivity index (χ1n) is 8.59. The number of carbonyl (C=O) groups excluding carboxylic acids is 2. The Labute approximate surface area is 154 Å². The molecule has 4 amide bonds. The standard InChI is InChI=1S/C17H26N4O4S/c1-10(2)13-6-5-7-14(11(3)4)15(13)20-17(23)21-26(24,25)12-8-18-16(22)19-9-12/h5-7,10-12H,8-9H2,1-4H3,(H2,18,19,22)(H2,20,21,23). The Kier molecular flexibility index (Phi) is 6.12. The third-order valence-electron chi connectivity index (χ3n) is 4.27. The van der Waals surface area contributed by atoms with Crippen molar-refractivity contribution in [1.82, 2.24) is 15.4 Å². The van der Waals surface area contributed by atoms with Crippen LogP contribution in [-0.2, 0) is 10.0 Å². The molecule has 0 aliphatic carbocycles. The molecule has 1 heterocycles. The second-order valence-electron chi connectivity index (χ2n) is 6.93. The van der Waals surface area contributed by atoms with Gasteiger partial charge in [0, 0.05) is 18.8 Å². The summed E-state index contributed by atoms with van der Waals surface area (Å²) in [6.45, 7) is 7.94. The summed E-state index contributed by atoms with van der Waals surface area (Å²) in [4.78, 5) is 23.5. The fraction of sp³-hybridized carbons (Fsp3) is 0.529. The van der Waals surface area contributed by atoms with Crippen molar-refractivity contribution in [3.8, 4) is 0 Å². The van der Waals surface area contributed by atoms with Crippen LogP contribution in [0.3, 0.4) is 0 Å². The molecule has 0 saturated carbocycles. The predicted molar refractivity (Wildman–Crippen MR) is 101 cm³/mol. The Balaban J connectivity index is 2.18. The zero-order valence-electron chi connectivity index (χ0n) is 15.4. The lowest BCUT2D eigenvalue weighted by molar-refractivity contribution is 0.236. The summed E-state index contributed by atoms with van der Waals surface area (Å²) >= 11 is 0. The van der Waals surface area contributed by atoms with Gasteiger partial charge in [0.05, 0.1) is 0 Å². The van der Waals surface area contributed by atoms with Gasteiger partial charge >= 0.3 is 12.1 Å². The van der Waals surface area contributed by atoms with E-state index in [-0.39, 0.29) is 24.9 Å². The average molecular weight is 382 g/mol. The minimum absolute atomic E-state index is 0.0473. The molecule has 4 N–H and O–H groups in total. The van der Waals surface area contributed by atoms with E-state index in [1.54, 1.807) is 0 Å². The van der Waals surface area contributed by atoms with Crippen LogP contribution in [0.15, 0.2) is 18.2 Å². The van der Waals surface area contributed by atoms with Crippen LogP contribution in [-0.4, -0.2) is 38.8 Å². The molecule has 0 spiro atoms. The first kappa shape index (κ1) is 20.0. The maximum Gasteiger partial charge on any atom is 0.332 e. The number of para-hydroxylation sites is 1. The number of amides is 4. The largest absolute Gasteiger partial charge is 0.337 e. The molecule has 9 heteroatoms. The number of rotatable bonds is 5. The fourth-order valence-electron chi connectivity index (χ4n) is 2.81. The van der Waals surface area contributed by atoms with Gasteiger partial charge in [-0.3, -0.25) is 0 Å². The SMILES string of the molecule is CC(C)c1cccc(C(C)C)c1NC(=O)NS(=O)(=O)C1CNC(=O)NC1. The number of anilines is 1. The van der Waals surface area contributed by atoms with Gasteiger partial charge in [0.15, 0.2) is 0 Å². The van der Waals surface area contributed by atoms with Crippen LogP contribution < -0.4 is 20.7 Å². The first-order chi connectivity index (χ1) is 12.1. The Morgan fingerprint density at radius 2 is 1.58 bits per heavy atom. The third-order valence-corrected chi connectivity index (χ3v) is 5.95. The Morgan fingerprint density at radius 1 is 1.08 bits per heavy atom. The molecule has 2 rings (SSSR count). The van der Waals surface area contributed by atoms with Crippen molar-refractivity contribution in [2.75, 3.05) is 18.4 Å². The molecular formula is C17H26N4O4S. The van der Waals surface area contributed by atoms with E-state index in [0.29, 0.717) is 5.69 Å². The van der Waals surface area contributed by atoms with E-state index < -0.39 is 27.3 Å². The van der Waals surface area contributed by atoms with Gasteiger partial charge in [-0.05, 0) is 23.0 Å². The highest BCUT2D eigenvalue weighted by molar-refractivity contribution is 7.90. The molecule has 1 fully saturated rings. The maximum absolute atomic E-state index is 12.4. The number of carbonyl (C=O) groups is 2. The van der Waals surface area contributed by atoms with Crippen molar-refractivity contribution < 1.29 is 18.0 Å². The van der Waals surface area contributed by atoms with Crippen molar-refractivity contribution in [2.45, 2.75) is 44.8 Å². The average Bonchev–Trinajstić information content (AvgIpc) is 2.54. The summed E-state index contributed by atoms with van der Waals surface area (Å²) in [6.07, 6.45) is 0. The summed E-state index contributed by atoms with van der Waals surface area (Å²) < 4.78 is 26.8. The van der Waals surface area contributed by atoms with Gasteiger partial charge in [-0.25, -0.2) is 22.7 Å².